The standard InChI is InChI=1S/C10H13F5N4OS.BrH/c1-4(2)19-7(20-8(11)12)5(3-21-9(16)17)6(18-19)10(13,14)15;/h4,8H,3H2,1-2H3,(H3,16,17);1H. The number of alkyl halides is 5. The maximum absolute atomic E-state index is 13.0. The molecule has 0 saturated heterocycles. The highest BCUT2D eigenvalue weighted by atomic mass is 79.9. The smallest absolute Gasteiger partial charge is 0.417 e. The first-order valence-electron chi connectivity index (χ1n) is 5.64. The number of aromatic nitrogens is 2. The quantitative estimate of drug-likeness (QED) is 0.438. The summed E-state index contributed by atoms with van der Waals surface area (Å²) >= 11 is 0.564. The lowest BCUT2D eigenvalue weighted by Gasteiger charge is -2.12. The summed E-state index contributed by atoms with van der Waals surface area (Å²) in [6.07, 6.45) is -4.83. The molecule has 0 aliphatic rings. The lowest BCUT2D eigenvalue weighted by atomic mass is 10.2. The number of nitrogens with zero attached hydrogens (tertiary/aromatic N) is 2. The van der Waals surface area contributed by atoms with Crippen molar-refractivity contribution < 1.29 is 26.7 Å². The zero-order valence-corrected chi connectivity index (χ0v) is 14.0. The van der Waals surface area contributed by atoms with Gasteiger partial charge in [-0.1, -0.05) is 11.8 Å². The summed E-state index contributed by atoms with van der Waals surface area (Å²) in [4.78, 5) is 0. The molecular formula is C10H14BrF5N4OS. The Labute approximate surface area is 137 Å². The summed E-state index contributed by atoms with van der Waals surface area (Å²) in [5, 5.41) is 9.90. The predicted octanol–water partition coefficient (Wildman–Crippen LogP) is 3.79. The molecule has 0 aliphatic carbocycles. The number of thioether (sulfide) groups is 1. The van der Waals surface area contributed by atoms with Gasteiger partial charge in [0.05, 0.1) is 11.6 Å². The van der Waals surface area contributed by atoms with Crippen LogP contribution in [0.25, 0.3) is 0 Å². The van der Waals surface area contributed by atoms with Gasteiger partial charge in [0.25, 0.3) is 0 Å². The summed E-state index contributed by atoms with van der Waals surface area (Å²) in [5.74, 6) is -1.11. The number of amidine groups is 1. The minimum absolute atomic E-state index is 0. The van der Waals surface area contributed by atoms with Crippen LogP contribution in [-0.2, 0) is 11.9 Å². The van der Waals surface area contributed by atoms with E-state index in [1.807, 2.05) is 0 Å². The van der Waals surface area contributed by atoms with Gasteiger partial charge in [0, 0.05) is 5.75 Å². The van der Waals surface area contributed by atoms with E-state index in [1.165, 1.54) is 13.8 Å². The van der Waals surface area contributed by atoms with Gasteiger partial charge in [-0.2, -0.15) is 27.1 Å². The molecule has 0 aliphatic heterocycles. The van der Waals surface area contributed by atoms with E-state index >= 15 is 0 Å². The Kier molecular flexibility index (Phi) is 7.62. The molecule has 12 heteroatoms. The normalized spacial score (nSPS) is 11.7. The van der Waals surface area contributed by atoms with Gasteiger partial charge in [-0.3, -0.25) is 5.41 Å². The first-order chi connectivity index (χ1) is 9.54. The average Bonchev–Trinajstić information content (AvgIpc) is 2.64. The summed E-state index contributed by atoms with van der Waals surface area (Å²) in [6.45, 7) is -0.331. The van der Waals surface area contributed by atoms with Crippen LogP contribution in [0.2, 0.25) is 0 Å². The highest BCUT2D eigenvalue weighted by Crippen LogP contribution is 2.39. The van der Waals surface area contributed by atoms with Crippen LogP contribution in [-0.4, -0.2) is 21.6 Å². The monoisotopic (exact) mass is 412 g/mol. The van der Waals surface area contributed by atoms with E-state index in [0.717, 1.165) is 4.68 Å². The molecule has 22 heavy (non-hydrogen) atoms. The maximum Gasteiger partial charge on any atom is 0.435 e. The molecule has 1 heterocycles. The zero-order chi connectivity index (χ0) is 16.4. The SMILES string of the molecule is Br.CC(C)n1nc(C(F)(F)F)c(CSC(=N)N)c1OC(F)F. The van der Waals surface area contributed by atoms with Crippen LogP contribution in [0.1, 0.15) is 31.1 Å². The van der Waals surface area contributed by atoms with Crippen LogP contribution in [0.5, 0.6) is 5.88 Å². The van der Waals surface area contributed by atoms with E-state index in [9.17, 15) is 22.0 Å². The Bertz CT molecular complexity index is 520. The van der Waals surface area contributed by atoms with E-state index < -0.39 is 46.9 Å². The van der Waals surface area contributed by atoms with Crippen LogP contribution >= 0.6 is 28.7 Å². The molecule has 1 aromatic rings. The summed E-state index contributed by atoms with van der Waals surface area (Å²) in [5.41, 5.74) is 3.19. The second kappa shape index (κ2) is 7.99. The van der Waals surface area contributed by atoms with Gasteiger partial charge in [-0.25, -0.2) is 4.68 Å². The molecule has 1 aromatic heterocycles. The van der Waals surface area contributed by atoms with Crippen molar-refractivity contribution in [1.29, 1.82) is 5.41 Å². The molecule has 1 rings (SSSR count). The van der Waals surface area contributed by atoms with Crippen molar-refractivity contribution in [3.63, 3.8) is 0 Å². The van der Waals surface area contributed by atoms with Crippen molar-refractivity contribution in [2.24, 2.45) is 5.73 Å². The Balaban J connectivity index is 0.00000441. The van der Waals surface area contributed by atoms with Crippen molar-refractivity contribution in [3.8, 4) is 5.88 Å². The van der Waals surface area contributed by atoms with Gasteiger partial charge in [0.1, 0.15) is 0 Å². The summed E-state index contributed by atoms with van der Waals surface area (Å²) < 4.78 is 68.7. The Morgan fingerprint density at radius 3 is 2.32 bits per heavy atom. The molecule has 5 nitrogen and oxygen atoms in total. The minimum atomic E-state index is -4.83. The average molecular weight is 413 g/mol. The summed E-state index contributed by atoms with van der Waals surface area (Å²) in [6, 6.07) is -0.615. The third kappa shape index (κ3) is 5.30. The maximum atomic E-state index is 13.0. The molecule has 3 N–H and O–H groups in total. The van der Waals surface area contributed by atoms with Crippen molar-refractivity contribution in [2.75, 3.05) is 0 Å². The largest absolute Gasteiger partial charge is 0.435 e. The van der Waals surface area contributed by atoms with Gasteiger partial charge >= 0.3 is 12.8 Å². The van der Waals surface area contributed by atoms with Crippen LogP contribution in [0.4, 0.5) is 22.0 Å². The van der Waals surface area contributed by atoms with Crippen LogP contribution in [0.3, 0.4) is 0 Å². The molecular weight excluding hydrogens is 399 g/mol. The van der Waals surface area contributed by atoms with Gasteiger partial charge in [-0.05, 0) is 13.8 Å². The van der Waals surface area contributed by atoms with Crippen LogP contribution < -0.4 is 10.5 Å². The van der Waals surface area contributed by atoms with Crippen LogP contribution in [0.15, 0.2) is 0 Å². The number of ether oxygens (including phenoxy) is 1. The molecule has 0 saturated carbocycles. The Morgan fingerprint density at radius 2 is 1.95 bits per heavy atom. The zero-order valence-electron chi connectivity index (χ0n) is 11.4. The lowest BCUT2D eigenvalue weighted by molar-refractivity contribution is -0.142. The van der Waals surface area contributed by atoms with Crippen molar-refractivity contribution in [3.05, 3.63) is 11.3 Å². The van der Waals surface area contributed by atoms with E-state index in [1.54, 1.807) is 0 Å². The van der Waals surface area contributed by atoms with E-state index in [0.29, 0.717) is 11.8 Å². The fourth-order valence-electron chi connectivity index (χ4n) is 1.52. The topological polar surface area (TPSA) is 76.9 Å². The Morgan fingerprint density at radius 1 is 1.41 bits per heavy atom. The van der Waals surface area contributed by atoms with Crippen molar-refractivity contribution >= 4 is 33.9 Å². The van der Waals surface area contributed by atoms with Crippen molar-refractivity contribution in [2.45, 2.75) is 38.4 Å². The third-order valence-corrected chi connectivity index (χ3v) is 3.03. The number of hydrogen-bond acceptors (Lipinski definition) is 4. The van der Waals surface area contributed by atoms with E-state index in [2.05, 4.69) is 9.84 Å². The van der Waals surface area contributed by atoms with Gasteiger partial charge in [0.15, 0.2) is 10.9 Å². The highest BCUT2D eigenvalue weighted by Gasteiger charge is 2.40. The molecule has 0 radical (unpaired) electrons. The number of hydrogen-bond donors (Lipinski definition) is 2. The minimum Gasteiger partial charge on any atom is -0.417 e. The molecule has 0 spiro atoms. The molecule has 0 amide bonds. The highest BCUT2D eigenvalue weighted by molar-refractivity contribution is 8.93. The Hall–Kier alpha value is -1.04. The number of halogens is 6. The van der Waals surface area contributed by atoms with Gasteiger partial charge in [-0.15, -0.1) is 17.0 Å². The molecule has 0 bridgehead atoms. The molecule has 0 fully saturated rings. The fraction of sp³-hybridized carbons (Fsp3) is 0.600. The third-order valence-electron chi connectivity index (χ3n) is 2.29. The molecule has 0 atom stereocenters. The second-order valence-corrected chi connectivity index (χ2v) is 5.22. The lowest BCUT2D eigenvalue weighted by Crippen LogP contribution is -2.12. The van der Waals surface area contributed by atoms with Crippen molar-refractivity contribution in [1.82, 2.24) is 9.78 Å². The van der Waals surface area contributed by atoms with Crippen LogP contribution in [0, 0.1) is 5.41 Å². The van der Waals surface area contributed by atoms with Gasteiger partial charge in [0.2, 0.25) is 5.88 Å². The van der Waals surface area contributed by atoms with Gasteiger partial charge < -0.3 is 10.5 Å². The number of rotatable bonds is 5. The summed E-state index contributed by atoms with van der Waals surface area (Å²) in [7, 11) is 0. The second-order valence-electron chi connectivity index (χ2n) is 4.20. The first-order valence-corrected chi connectivity index (χ1v) is 6.62. The van der Waals surface area contributed by atoms with E-state index in [4.69, 9.17) is 11.1 Å². The molecule has 0 aromatic carbocycles. The molecule has 128 valence electrons. The number of nitrogens with two attached hydrogens (primary N) is 1. The number of nitrogens with one attached hydrogen (secondary N) is 1. The predicted molar refractivity (Wildman–Crippen MR) is 77.8 cm³/mol. The fourth-order valence-corrected chi connectivity index (χ4v) is 2.08. The van der Waals surface area contributed by atoms with E-state index in [-0.39, 0.29) is 17.0 Å². The molecule has 0 unspecified atom stereocenters. The first kappa shape index (κ1) is 21.0.